The highest BCUT2D eigenvalue weighted by Crippen LogP contribution is 2.38. The van der Waals surface area contributed by atoms with Crippen LogP contribution in [0, 0.1) is 19.8 Å². The number of rotatable bonds is 4. The molecule has 2 saturated heterocycles. The third-order valence-corrected chi connectivity index (χ3v) is 7.72. The van der Waals surface area contributed by atoms with Gasteiger partial charge in [0.2, 0.25) is 0 Å². The zero-order valence-electron chi connectivity index (χ0n) is 19.8. The summed E-state index contributed by atoms with van der Waals surface area (Å²) in [5.74, 6) is 0.623. The Kier molecular flexibility index (Phi) is 5.30. The second-order valence-corrected chi connectivity index (χ2v) is 9.97. The molecule has 2 aromatic heterocycles. The van der Waals surface area contributed by atoms with Crippen LogP contribution in [0.5, 0.6) is 5.75 Å². The molecule has 6 rings (SSSR count). The Morgan fingerprint density at radius 1 is 1.18 bits per heavy atom. The summed E-state index contributed by atoms with van der Waals surface area (Å²) in [7, 11) is 0. The van der Waals surface area contributed by atoms with Crippen molar-refractivity contribution in [3.05, 3.63) is 53.2 Å². The number of imidazole rings is 1. The number of aliphatic hydroxyl groups is 1. The van der Waals surface area contributed by atoms with Crippen molar-refractivity contribution >= 4 is 17.3 Å². The second kappa shape index (κ2) is 8.36. The van der Waals surface area contributed by atoms with Crippen molar-refractivity contribution in [3.63, 3.8) is 0 Å². The SMILES string of the molecule is Cc1cn2cc(C3Cc4ccc(N5C[C@@H]6CCCN(CCO)[C@@H]6C5)cc4OC3=O)nc2c(C)n1. The van der Waals surface area contributed by atoms with Gasteiger partial charge in [-0.3, -0.25) is 14.7 Å². The zero-order chi connectivity index (χ0) is 23.4. The topological polar surface area (TPSA) is 83.2 Å². The Bertz CT molecular complexity index is 1250. The number of carbonyl (C=O) groups is 1. The summed E-state index contributed by atoms with van der Waals surface area (Å²) in [6.45, 7) is 7.87. The molecule has 0 spiro atoms. The predicted octanol–water partition coefficient (Wildman–Crippen LogP) is 2.48. The third-order valence-electron chi connectivity index (χ3n) is 7.72. The molecule has 178 valence electrons. The van der Waals surface area contributed by atoms with E-state index in [0.29, 0.717) is 24.1 Å². The number of hydrogen-bond acceptors (Lipinski definition) is 7. The van der Waals surface area contributed by atoms with Crippen LogP contribution in [-0.2, 0) is 11.2 Å². The number of aryl methyl sites for hydroxylation is 2. The van der Waals surface area contributed by atoms with E-state index in [1.54, 1.807) is 0 Å². The molecule has 5 heterocycles. The van der Waals surface area contributed by atoms with E-state index in [4.69, 9.17) is 9.72 Å². The van der Waals surface area contributed by atoms with Crippen molar-refractivity contribution in [3.8, 4) is 5.75 Å². The van der Waals surface area contributed by atoms with E-state index in [0.717, 1.165) is 60.2 Å². The Balaban J connectivity index is 1.23. The van der Waals surface area contributed by atoms with Gasteiger partial charge in [-0.15, -0.1) is 0 Å². The van der Waals surface area contributed by atoms with Crippen molar-refractivity contribution in [1.82, 2.24) is 19.3 Å². The number of ether oxygens (including phenoxy) is 1. The molecule has 3 aromatic rings. The van der Waals surface area contributed by atoms with Crippen molar-refractivity contribution < 1.29 is 14.6 Å². The predicted molar refractivity (Wildman–Crippen MR) is 128 cm³/mol. The molecule has 3 aliphatic heterocycles. The maximum absolute atomic E-state index is 13.0. The molecule has 0 amide bonds. The van der Waals surface area contributed by atoms with E-state index in [1.165, 1.54) is 12.8 Å². The first-order chi connectivity index (χ1) is 16.5. The average molecular weight is 462 g/mol. The summed E-state index contributed by atoms with van der Waals surface area (Å²) in [5, 5.41) is 9.44. The van der Waals surface area contributed by atoms with Gasteiger partial charge in [0, 0.05) is 49.8 Å². The molecule has 3 aliphatic rings. The Morgan fingerprint density at radius 2 is 2.06 bits per heavy atom. The Hall–Kier alpha value is -2.97. The molecule has 0 radical (unpaired) electrons. The van der Waals surface area contributed by atoms with Gasteiger partial charge in [0.1, 0.15) is 11.7 Å². The molecule has 1 unspecified atom stereocenters. The van der Waals surface area contributed by atoms with Crippen LogP contribution >= 0.6 is 0 Å². The van der Waals surface area contributed by atoms with Gasteiger partial charge in [0.05, 0.1) is 23.7 Å². The molecule has 3 atom stereocenters. The number of benzene rings is 1. The maximum Gasteiger partial charge on any atom is 0.320 e. The van der Waals surface area contributed by atoms with Gasteiger partial charge in [-0.05, 0) is 57.2 Å². The monoisotopic (exact) mass is 461 g/mol. The maximum atomic E-state index is 13.0. The van der Waals surface area contributed by atoms with Crippen LogP contribution in [0.2, 0.25) is 0 Å². The molecule has 0 saturated carbocycles. The van der Waals surface area contributed by atoms with Gasteiger partial charge < -0.3 is 19.1 Å². The fourth-order valence-corrected chi connectivity index (χ4v) is 6.09. The molecular weight excluding hydrogens is 430 g/mol. The highest BCUT2D eigenvalue weighted by atomic mass is 16.5. The van der Waals surface area contributed by atoms with E-state index >= 15 is 0 Å². The number of likely N-dealkylation sites (tertiary alicyclic amines) is 1. The lowest BCUT2D eigenvalue weighted by molar-refractivity contribution is -0.137. The van der Waals surface area contributed by atoms with Crippen molar-refractivity contribution in [2.45, 2.75) is 45.1 Å². The van der Waals surface area contributed by atoms with Gasteiger partial charge in [0.15, 0.2) is 5.65 Å². The summed E-state index contributed by atoms with van der Waals surface area (Å²) < 4.78 is 7.80. The van der Waals surface area contributed by atoms with Gasteiger partial charge in [-0.25, -0.2) is 4.98 Å². The number of esters is 1. The molecule has 8 heteroatoms. The third kappa shape index (κ3) is 3.65. The minimum absolute atomic E-state index is 0.210. The Labute approximate surface area is 199 Å². The first kappa shape index (κ1) is 21.6. The lowest BCUT2D eigenvalue weighted by atomic mass is 9.92. The van der Waals surface area contributed by atoms with Crippen LogP contribution in [0.4, 0.5) is 5.69 Å². The number of aliphatic hydroxyl groups excluding tert-OH is 1. The van der Waals surface area contributed by atoms with Gasteiger partial charge in [-0.1, -0.05) is 6.07 Å². The summed E-state index contributed by atoms with van der Waals surface area (Å²) in [4.78, 5) is 27.0. The van der Waals surface area contributed by atoms with Gasteiger partial charge >= 0.3 is 5.97 Å². The van der Waals surface area contributed by atoms with Gasteiger partial charge in [-0.2, -0.15) is 0 Å². The first-order valence-corrected chi connectivity index (χ1v) is 12.3. The van der Waals surface area contributed by atoms with Crippen LogP contribution in [-0.4, -0.2) is 69.2 Å². The fraction of sp³-hybridized carbons (Fsp3) is 0.500. The summed E-state index contributed by atoms with van der Waals surface area (Å²) in [5.41, 5.74) is 5.41. The lowest BCUT2D eigenvalue weighted by Gasteiger charge is -2.36. The highest BCUT2D eigenvalue weighted by Gasteiger charge is 2.39. The van der Waals surface area contributed by atoms with E-state index in [-0.39, 0.29) is 12.6 Å². The van der Waals surface area contributed by atoms with Crippen LogP contribution in [0.25, 0.3) is 5.65 Å². The van der Waals surface area contributed by atoms with Crippen LogP contribution in [0.3, 0.4) is 0 Å². The zero-order valence-corrected chi connectivity index (χ0v) is 19.8. The van der Waals surface area contributed by atoms with Gasteiger partial charge in [0.25, 0.3) is 0 Å². The van der Waals surface area contributed by atoms with Crippen LogP contribution < -0.4 is 9.64 Å². The summed E-state index contributed by atoms with van der Waals surface area (Å²) in [6.07, 6.45) is 6.86. The molecule has 2 fully saturated rings. The molecule has 1 aromatic carbocycles. The highest BCUT2D eigenvalue weighted by molar-refractivity contribution is 5.83. The minimum Gasteiger partial charge on any atom is -0.426 e. The van der Waals surface area contributed by atoms with E-state index in [2.05, 4.69) is 26.9 Å². The molecule has 8 nitrogen and oxygen atoms in total. The number of aromatic nitrogens is 3. The quantitative estimate of drug-likeness (QED) is 0.472. The Morgan fingerprint density at radius 3 is 2.91 bits per heavy atom. The fourth-order valence-electron chi connectivity index (χ4n) is 6.09. The first-order valence-electron chi connectivity index (χ1n) is 12.3. The number of anilines is 1. The largest absolute Gasteiger partial charge is 0.426 e. The van der Waals surface area contributed by atoms with Crippen molar-refractivity contribution in [2.75, 3.05) is 37.7 Å². The molecule has 0 aliphatic carbocycles. The smallest absolute Gasteiger partial charge is 0.320 e. The molecular formula is C26H31N5O3. The molecule has 34 heavy (non-hydrogen) atoms. The standard InChI is InChI=1S/C26H31N5O3/c1-16-12-31-14-22(28-25(31)17(2)27-16)21-10-18-5-6-20(11-24(18)34-26(21)33)30-13-19-4-3-7-29(8-9-32)23(19)15-30/h5-6,11-12,14,19,21,23,32H,3-4,7-10,13,15H2,1-2H3/t19-,21?,23+/m0/s1. The number of carbonyl (C=O) groups excluding carboxylic acids is 1. The van der Waals surface area contributed by atoms with Crippen molar-refractivity contribution in [2.24, 2.45) is 5.92 Å². The lowest BCUT2D eigenvalue weighted by Crippen LogP contribution is -2.46. The summed E-state index contributed by atoms with van der Waals surface area (Å²) >= 11 is 0. The average Bonchev–Trinajstić information content (AvgIpc) is 3.43. The minimum atomic E-state index is -0.417. The van der Waals surface area contributed by atoms with E-state index < -0.39 is 5.92 Å². The molecule has 1 N–H and O–H groups in total. The van der Waals surface area contributed by atoms with Crippen LogP contribution in [0.1, 0.15) is 41.4 Å². The van der Waals surface area contributed by atoms with E-state index in [1.807, 2.05) is 36.7 Å². The number of nitrogens with zero attached hydrogens (tertiary/aromatic N) is 5. The molecule has 0 bridgehead atoms. The van der Waals surface area contributed by atoms with E-state index in [9.17, 15) is 9.90 Å². The number of hydrogen-bond donors (Lipinski definition) is 1. The number of fused-ring (bicyclic) bond motifs is 3. The summed E-state index contributed by atoms with van der Waals surface area (Å²) in [6, 6.07) is 6.77. The van der Waals surface area contributed by atoms with Crippen LogP contribution in [0.15, 0.2) is 30.6 Å². The number of β-amino-alcohol motifs (C(OH)–C–C–N with tert-alkyl or cyclic N) is 1. The van der Waals surface area contributed by atoms with Crippen molar-refractivity contribution in [1.29, 1.82) is 0 Å². The normalized spacial score (nSPS) is 24.9. The number of piperidine rings is 1. The second-order valence-electron chi connectivity index (χ2n) is 9.97.